The van der Waals surface area contributed by atoms with E-state index in [0.29, 0.717) is 35.1 Å². The van der Waals surface area contributed by atoms with E-state index in [2.05, 4.69) is 19.9 Å². The van der Waals surface area contributed by atoms with Gasteiger partial charge in [0.15, 0.2) is 29.7 Å². The second-order valence-electron chi connectivity index (χ2n) is 11.1. The van der Waals surface area contributed by atoms with Crippen molar-refractivity contribution >= 4 is 53.4 Å². The van der Waals surface area contributed by atoms with Gasteiger partial charge in [-0.15, -0.1) is 0 Å². The third kappa shape index (κ3) is 11.0. The first-order valence-electron chi connectivity index (χ1n) is 14.6. The number of nitrogens with zero attached hydrogens (tertiary/aromatic N) is 4. The molecule has 0 bridgehead atoms. The average Bonchev–Trinajstić information content (AvgIpc) is 3.07. The number of methoxy groups -OCH3 is 1. The van der Waals surface area contributed by atoms with Gasteiger partial charge in [-0.25, -0.2) is 36.4 Å². The normalized spacial score (nSPS) is 10.8. The number of benzene rings is 2. The van der Waals surface area contributed by atoms with E-state index in [-0.39, 0.29) is 47.4 Å². The van der Waals surface area contributed by atoms with Crippen molar-refractivity contribution in [1.29, 1.82) is 0 Å². The van der Waals surface area contributed by atoms with Gasteiger partial charge in [0.1, 0.15) is 0 Å². The number of rotatable bonds is 8. The van der Waals surface area contributed by atoms with Crippen LogP contribution in [0.15, 0.2) is 107 Å². The van der Waals surface area contributed by atoms with Crippen LogP contribution in [-0.4, -0.2) is 78.9 Å². The van der Waals surface area contributed by atoms with Crippen LogP contribution in [0.4, 0.5) is 0 Å². The summed E-state index contributed by atoms with van der Waals surface area (Å²) in [6.45, 7) is 0. The van der Waals surface area contributed by atoms with E-state index in [1.54, 1.807) is 42.6 Å². The Balaban J connectivity index is 0.000000341. The Morgan fingerprint density at radius 2 is 1.08 bits per heavy atom. The van der Waals surface area contributed by atoms with Crippen molar-refractivity contribution in [3.05, 3.63) is 131 Å². The molecule has 266 valence electrons. The topological polar surface area (TPSA) is 213 Å². The van der Waals surface area contributed by atoms with Gasteiger partial charge >= 0.3 is 30.8 Å². The zero-order valence-electron chi connectivity index (χ0n) is 28.0. The molecule has 0 aliphatic carbocycles. The molecule has 0 spiro atoms. The zero-order chi connectivity index (χ0) is 35.3. The molecule has 0 atom stereocenters. The molecule has 0 aliphatic rings. The maximum absolute atomic E-state index is 11.6. The van der Waals surface area contributed by atoms with Crippen LogP contribution in [0.1, 0.15) is 50.7 Å². The maximum Gasteiger partial charge on any atom is 1.00 e. The molecule has 0 fully saturated rings. The summed E-state index contributed by atoms with van der Waals surface area (Å²) in [5, 5.41) is 10.8. The molecule has 0 unspecified atom stereocenters. The molecule has 4 aromatic heterocycles. The summed E-state index contributed by atoms with van der Waals surface area (Å²) in [7, 11) is -5.34. The quantitative estimate of drug-likeness (QED) is 0.175. The molecule has 0 saturated heterocycles. The molecule has 0 saturated carbocycles. The Bertz CT molecular complexity index is 2460. The molecule has 16 heteroatoms. The number of carbonyl (C=O) groups is 2. The van der Waals surface area contributed by atoms with Gasteiger partial charge in [0.2, 0.25) is 0 Å². The number of carboxylic acid groups (broad SMARTS) is 1. The number of aromatic carboxylic acids is 1. The predicted molar refractivity (Wildman–Crippen MR) is 191 cm³/mol. The Morgan fingerprint density at radius 1 is 0.654 bits per heavy atom. The molecule has 4 heterocycles. The smallest absolute Gasteiger partial charge is 0.870 e. The number of ether oxygens (including phenoxy) is 1. The van der Waals surface area contributed by atoms with Gasteiger partial charge < -0.3 is 15.3 Å². The summed E-state index contributed by atoms with van der Waals surface area (Å²) in [4.78, 5) is 39.4. The van der Waals surface area contributed by atoms with Gasteiger partial charge in [0.25, 0.3) is 0 Å². The molecule has 2 aromatic carbocycles. The third-order valence-electron chi connectivity index (χ3n) is 7.29. The Morgan fingerprint density at radius 3 is 1.48 bits per heavy atom. The van der Waals surface area contributed by atoms with E-state index in [9.17, 15) is 26.4 Å². The number of pyridine rings is 4. The average molecular weight is 739 g/mol. The Kier molecular flexibility index (Phi) is 14.9. The number of fused-ring (bicyclic) bond motifs is 2. The van der Waals surface area contributed by atoms with Crippen LogP contribution in [0.25, 0.3) is 21.8 Å². The number of hydrogen-bond donors (Lipinski definition) is 1. The van der Waals surface area contributed by atoms with E-state index >= 15 is 0 Å². The molecule has 52 heavy (non-hydrogen) atoms. The van der Waals surface area contributed by atoms with Crippen LogP contribution in [0.3, 0.4) is 0 Å². The number of esters is 1. The molecule has 6 aromatic rings. The van der Waals surface area contributed by atoms with Crippen molar-refractivity contribution in [3.8, 4) is 0 Å². The molecule has 2 N–H and O–H groups in total. The van der Waals surface area contributed by atoms with Crippen LogP contribution in [0, 0.1) is 0 Å². The minimum atomic E-state index is -3.34. The molecule has 0 amide bonds. The summed E-state index contributed by atoms with van der Waals surface area (Å²) < 4.78 is 51.0. The predicted octanol–water partition coefficient (Wildman–Crippen LogP) is 2.20. The first-order chi connectivity index (χ1) is 23.2. The van der Waals surface area contributed by atoms with Gasteiger partial charge in [-0.1, -0.05) is 19.6 Å². The molecular formula is C36H35LiN4O9S2. The number of carbonyl (C=O) groups excluding carboxylic acids is 1. The van der Waals surface area contributed by atoms with E-state index in [4.69, 9.17) is 9.84 Å². The first-order valence-corrected chi connectivity index (χ1v) is 18.4. The fourth-order valence-corrected chi connectivity index (χ4v) is 6.05. The fourth-order valence-electron chi connectivity index (χ4n) is 4.89. The van der Waals surface area contributed by atoms with Gasteiger partial charge in [-0.2, -0.15) is 0 Å². The Labute approximate surface area is 313 Å². The molecule has 6 rings (SSSR count). The summed E-state index contributed by atoms with van der Waals surface area (Å²) in [6.07, 6.45) is 6.31. The standard InChI is InChI=1S/C18H16N2O4S.C17H14N2O4S.CH4.Li.H2O/c1-24-18(21)14-7-8-19-15(11-14)10-12-3-5-16-13(9-12)4-6-17(20-16)25(2,22)23;1-24(22,23)16-5-3-12-8-11(2-4-15(12)19-16)9-14-10-13(17(20)21)6-7-18-14;;;/h3-9,11H,10H2,1-2H3;2-8,10H,9H2,1H3,(H,20,21);1H4;;1H2/q;;;+1;/p-1. The first kappa shape index (κ1) is 43.1. The van der Waals surface area contributed by atoms with Crippen molar-refractivity contribution in [1.82, 2.24) is 19.9 Å². The Hall–Kier alpha value is -5.04. The van der Waals surface area contributed by atoms with E-state index in [1.165, 1.54) is 37.6 Å². The second kappa shape index (κ2) is 17.9. The zero-order valence-corrected chi connectivity index (χ0v) is 29.6. The van der Waals surface area contributed by atoms with Crippen LogP contribution >= 0.6 is 0 Å². The number of carboxylic acids is 1. The minimum Gasteiger partial charge on any atom is -0.870 e. The van der Waals surface area contributed by atoms with Crippen molar-refractivity contribution in [3.63, 3.8) is 0 Å². The third-order valence-corrected chi connectivity index (χ3v) is 9.26. The largest absolute Gasteiger partial charge is 1.00 e. The fraction of sp³-hybridized carbons (Fsp3) is 0.167. The summed E-state index contributed by atoms with van der Waals surface area (Å²) in [5.41, 5.74) is 5.16. The van der Waals surface area contributed by atoms with E-state index in [1.807, 2.05) is 24.3 Å². The SMILES string of the molecule is C.COC(=O)c1ccnc(Cc2ccc3nc(S(C)(=O)=O)ccc3c2)c1.CS(=O)(=O)c1ccc2cc(Cc3cc(C(=O)O)ccn3)ccc2n1.[Li+].[OH-]. The van der Waals surface area contributed by atoms with Gasteiger partial charge in [0, 0.05) is 59.9 Å². The van der Waals surface area contributed by atoms with E-state index < -0.39 is 31.6 Å². The van der Waals surface area contributed by atoms with Crippen LogP contribution in [-0.2, 0) is 37.3 Å². The van der Waals surface area contributed by atoms with Gasteiger partial charge in [0.05, 0.1) is 29.3 Å². The van der Waals surface area contributed by atoms with Crippen molar-refractivity contribution < 1.29 is 60.6 Å². The maximum atomic E-state index is 11.6. The summed E-state index contributed by atoms with van der Waals surface area (Å²) in [6, 6.07) is 23.8. The van der Waals surface area contributed by atoms with Gasteiger partial charge in [-0.05, 0) is 83.9 Å². The van der Waals surface area contributed by atoms with Crippen LogP contribution in [0.5, 0.6) is 0 Å². The van der Waals surface area contributed by atoms with Crippen molar-refractivity contribution in [2.75, 3.05) is 19.6 Å². The van der Waals surface area contributed by atoms with Crippen LogP contribution in [0.2, 0.25) is 0 Å². The summed E-state index contributed by atoms with van der Waals surface area (Å²) >= 11 is 0. The number of hydrogen-bond acceptors (Lipinski definition) is 12. The van der Waals surface area contributed by atoms with Gasteiger partial charge in [-0.3, -0.25) is 9.97 Å². The minimum absolute atomic E-state index is 0. The number of aromatic nitrogens is 4. The monoisotopic (exact) mass is 738 g/mol. The van der Waals surface area contributed by atoms with Crippen molar-refractivity contribution in [2.45, 2.75) is 30.3 Å². The molecular weight excluding hydrogens is 703 g/mol. The molecule has 13 nitrogen and oxygen atoms in total. The second-order valence-corrected chi connectivity index (χ2v) is 15.0. The molecule has 0 aliphatic heterocycles. The van der Waals surface area contributed by atoms with Crippen LogP contribution < -0.4 is 18.9 Å². The summed E-state index contributed by atoms with van der Waals surface area (Å²) in [5.74, 6) is -1.39. The van der Waals surface area contributed by atoms with Crippen molar-refractivity contribution in [2.24, 2.45) is 0 Å². The number of sulfone groups is 2. The van der Waals surface area contributed by atoms with E-state index in [0.717, 1.165) is 40.1 Å². The molecule has 0 radical (unpaired) electrons.